The number of carbonyl (C=O) groups excluding carboxylic acids is 2. The van der Waals surface area contributed by atoms with Crippen molar-refractivity contribution in [2.24, 2.45) is 5.92 Å². The van der Waals surface area contributed by atoms with Crippen LogP contribution in [0.5, 0.6) is 11.5 Å². The lowest BCUT2D eigenvalue weighted by atomic mass is 10.1. The van der Waals surface area contributed by atoms with Crippen LogP contribution < -0.4 is 19.7 Å². The molecule has 2 fully saturated rings. The number of hydrogen-bond acceptors (Lipinski definition) is 8. The molecule has 166 valence electrons. The zero-order valence-corrected chi connectivity index (χ0v) is 18.4. The van der Waals surface area contributed by atoms with E-state index in [9.17, 15) is 9.59 Å². The predicted octanol–water partition coefficient (Wildman–Crippen LogP) is 1.98. The average molecular weight is 447 g/mol. The summed E-state index contributed by atoms with van der Waals surface area (Å²) in [6.45, 7) is 4.29. The zero-order chi connectivity index (χ0) is 21.8. The Morgan fingerprint density at radius 1 is 1.26 bits per heavy atom. The number of hydrogen-bond donors (Lipinski definition) is 1. The summed E-state index contributed by atoms with van der Waals surface area (Å²) >= 11 is 1.40. The van der Waals surface area contributed by atoms with Crippen LogP contribution in [0.15, 0.2) is 23.6 Å². The number of thiazole rings is 1. The highest BCUT2D eigenvalue weighted by Gasteiger charge is 2.35. The van der Waals surface area contributed by atoms with Gasteiger partial charge in [0.05, 0.1) is 39.0 Å². The second-order valence-corrected chi connectivity index (χ2v) is 8.32. The molecule has 2 saturated heterocycles. The van der Waals surface area contributed by atoms with Gasteiger partial charge in [-0.1, -0.05) is 0 Å². The molecular formula is C21H26N4O5S. The highest BCUT2D eigenvalue weighted by atomic mass is 32.1. The molecule has 2 aliphatic heterocycles. The lowest BCUT2D eigenvalue weighted by Gasteiger charge is -2.25. The monoisotopic (exact) mass is 446 g/mol. The molecule has 1 atom stereocenters. The van der Waals surface area contributed by atoms with Crippen LogP contribution in [-0.2, 0) is 20.9 Å². The molecule has 2 aliphatic rings. The van der Waals surface area contributed by atoms with E-state index in [4.69, 9.17) is 14.2 Å². The van der Waals surface area contributed by atoms with Crippen molar-refractivity contribution in [3.05, 3.63) is 29.3 Å². The van der Waals surface area contributed by atoms with Gasteiger partial charge in [0.25, 0.3) is 0 Å². The first-order chi connectivity index (χ1) is 15.1. The first kappa shape index (κ1) is 21.5. The number of carbonyl (C=O) groups is 2. The number of morpholine rings is 1. The molecule has 1 unspecified atom stereocenters. The van der Waals surface area contributed by atoms with Gasteiger partial charge in [0.2, 0.25) is 11.8 Å². The molecule has 1 aromatic heterocycles. The Labute approximate surface area is 184 Å². The number of ether oxygens (including phenoxy) is 3. The van der Waals surface area contributed by atoms with Crippen molar-refractivity contribution >= 4 is 34.0 Å². The summed E-state index contributed by atoms with van der Waals surface area (Å²) in [6.07, 6.45) is 0.159. The minimum atomic E-state index is -0.438. The maximum Gasteiger partial charge on any atom is 0.231 e. The van der Waals surface area contributed by atoms with E-state index in [1.165, 1.54) is 11.3 Å². The van der Waals surface area contributed by atoms with Crippen LogP contribution >= 0.6 is 11.3 Å². The fourth-order valence-corrected chi connectivity index (χ4v) is 4.46. The third-order valence-corrected chi connectivity index (χ3v) is 6.25. The molecule has 0 bridgehead atoms. The summed E-state index contributed by atoms with van der Waals surface area (Å²) in [7, 11) is 3.11. The lowest BCUT2D eigenvalue weighted by molar-refractivity contribution is -0.122. The van der Waals surface area contributed by atoms with E-state index in [1.54, 1.807) is 37.3 Å². The summed E-state index contributed by atoms with van der Waals surface area (Å²) in [5.41, 5.74) is 1.61. The van der Waals surface area contributed by atoms with Crippen LogP contribution in [0.2, 0.25) is 0 Å². The lowest BCUT2D eigenvalue weighted by Crippen LogP contribution is -2.35. The minimum Gasteiger partial charge on any atom is -0.493 e. The summed E-state index contributed by atoms with van der Waals surface area (Å²) in [4.78, 5) is 33.7. The van der Waals surface area contributed by atoms with Gasteiger partial charge >= 0.3 is 0 Å². The smallest absolute Gasteiger partial charge is 0.231 e. The summed E-state index contributed by atoms with van der Waals surface area (Å²) in [5, 5.41) is 5.40. The molecule has 31 heavy (non-hydrogen) atoms. The van der Waals surface area contributed by atoms with Crippen molar-refractivity contribution in [3.8, 4) is 11.5 Å². The van der Waals surface area contributed by atoms with E-state index >= 15 is 0 Å². The third kappa shape index (κ3) is 4.97. The molecule has 3 heterocycles. The quantitative estimate of drug-likeness (QED) is 0.695. The minimum absolute atomic E-state index is 0.0977. The molecule has 9 nitrogen and oxygen atoms in total. The highest BCUT2D eigenvalue weighted by molar-refractivity contribution is 7.13. The van der Waals surface area contributed by atoms with Gasteiger partial charge in [-0.2, -0.15) is 0 Å². The van der Waals surface area contributed by atoms with Crippen LogP contribution in [0.3, 0.4) is 0 Å². The topological polar surface area (TPSA) is 93.2 Å². The molecule has 2 aromatic rings. The third-order valence-electron chi connectivity index (χ3n) is 5.45. The normalized spacial score (nSPS) is 19.5. The van der Waals surface area contributed by atoms with Gasteiger partial charge in [-0.05, 0) is 12.1 Å². The first-order valence-corrected chi connectivity index (χ1v) is 11.0. The van der Waals surface area contributed by atoms with Crippen molar-refractivity contribution in [2.45, 2.75) is 13.0 Å². The summed E-state index contributed by atoms with van der Waals surface area (Å²) in [6, 6.07) is 5.29. The summed E-state index contributed by atoms with van der Waals surface area (Å²) < 4.78 is 15.9. The number of rotatable bonds is 7. The second-order valence-electron chi connectivity index (χ2n) is 7.47. The number of nitrogens with one attached hydrogen (secondary N) is 1. The van der Waals surface area contributed by atoms with Crippen molar-refractivity contribution < 1.29 is 23.8 Å². The zero-order valence-electron chi connectivity index (χ0n) is 17.6. The van der Waals surface area contributed by atoms with E-state index < -0.39 is 5.92 Å². The maximum atomic E-state index is 12.8. The molecule has 4 rings (SSSR count). The van der Waals surface area contributed by atoms with Gasteiger partial charge in [-0.25, -0.2) is 4.98 Å². The van der Waals surface area contributed by atoms with Crippen molar-refractivity contribution in [3.63, 3.8) is 0 Å². The van der Waals surface area contributed by atoms with E-state index in [2.05, 4.69) is 15.2 Å². The number of nitrogens with zero attached hydrogens (tertiary/aromatic N) is 3. The number of benzene rings is 1. The van der Waals surface area contributed by atoms with Crippen molar-refractivity contribution in [2.75, 3.05) is 57.3 Å². The van der Waals surface area contributed by atoms with Crippen molar-refractivity contribution in [1.29, 1.82) is 0 Å². The summed E-state index contributed by atoms with van der Waals surface area (Å²) in [5.74, 6) is 0.399. The Bertz CT molecular complexity index is 944. The number of anilines is 2. The van der Waals surface area contributed by atoms with Crippen LogP contribution in [0, 0.1) is 5.92 Å². The van der Waals surface area contributed by atoms with Crippen LogP contribution in [0.1, 0.15) is 12.1 Å². The van der Waals surface area contributed by atoms with E-state index in [1.807, 2.05) is 5.38 Å². The SMILES string of the molecule is COc1ccc(N2CC(C(=O)Nc3nc(CN4CCOCC4)cs3)CC2=O)cc1OC. The van der Waals surface area contributed by atoms with Gasteiger partial charge in [-0.3, -0.25) is 14.5 Å². The molecule has 0 aliphatic carbocycles. The van der Waals surface area contributed by atoms with Crippen LogP contribution in [0.25, 0.3) is 0 Å². The van der Waals surface area contributed by atoms with E-state index in [0.717, 1.165) is 38.5 Å². The Balaban J connectivity index is 1.36. The Kier molecular flexibility index (Phi) is 6.69. The Morgan fingerprint density at radius 3 is 2.77 bits per heavy atom. The van der Waals surface area contributed by atoms with Gasteiger partial charge in [0.15, 0.2) is 16.6 Å². The molecule has 0 radical (unpaired) electrons. The van der Waals surface area contributed by atoms with E-state index in [-0.39, 0.29) is 18.2 Å². The molecule has 0 saturated carbocycles. The van der Waals surface area contributed by atoms with Gasteiger partial charge in [-0.15, -0.1) is 11.3 Å². The number of amides is 2. The number of aromatic nitrogens is 1. The van der Waals surface area contributed by atoms with Crippen LogP contribution in [0.4, 0.5) is 10.8 Å². The molecule has 1 N–H and O–H groups in total. The fraction of sp³-hybridized carbons (Fsp3) is 0.476. The largest absolute Gasteiger partial charge is 0.493 e. The Hall–Kier alpha value is -2.69. The van der Waals surface area contributed by atoms with Gasteiger partial charge in [0, 0.05) is 49.7 Å². The second kappa shape index (κ2) is 9.63. The molecule has 0 spiro atoms. The first-order valence-electron chi connectivity index (χ1n) is 10.1. The van der Waals surface area contributed by atoms with E-state index in [0.29, 0.717) is 28.9 Å². The van der Waals surface area contributed by atoms with Crippen LogP contribution in [-0.4, -0.2) is 68.8 Å². The standard InChI is InChI=1S/C21H26N4O5S/c1-28-17-4-3-16(10-18(17)29-2)25-11-14(9-19(25)26)20(27)23-21-22-15(13-31-21)12-24-5-7-30-8-6-24/h3-4,10,13-14H,5-9,11-12H2,1-2H3,(H,22,23,27). The Morgan fingerprint density at radius 2 is 2.03 bits per heavy atom. The van der Waals surface area contributed by atoms with Gasteiger partial charge < -0.3 is 24.4 Å². The molecule has 10 heteroatoms. The highest BCUT2D eigenvalue weighted by Crippen LogP contribution is 2.34. The predicted molar refractivity (Wildman–Crippen MR) is 117 cm³/mol. The fourth-order valence-electron chi connectivity index (χ4n) is 3.76. The van der Waals surface area contributed by atoms with Crippen molar-refractivity contribution in [1.82, 2.24) is 9.88 Å². The van der Waals surface area contributed by atoms with Gasteiger partial charge in [0.1, 0.15) is 0 Å². The molecule has 2 amide bonds. The number of methoxy groups -OCH3 is 2. The molecular weight excluding hydrogens is 420 g/mol. The maximum absolute atomic E-state index is 12.8. The average Bonchev–Trinajstić information content (AvgIpc) is 3.40. The molecule has 1 aromatic carbocycles.